The first-order valence-corrected chi connectivity index (χ1v) is 7.93. The van der Waals surface area contributed by atoms with E-state index in [1.807, 2.05) is 23.0 Å². The number of nitrogens with one attached hydrogen (secondary N) is 1. The summed E-state index contributed by atoms with van der Waals surface area (Å²) in [5, 5.41) is 8.06. The van der Waals surface area contributed by atoms with Crippen LogP contribution in [0.1, 0.15) is 50.6 Å². The second-order valence-corrected chi connectivity index (χ2v) is 6.10. The van der Waals surface area contributed by atoms with E-state index < -0.39 is 0 Å². The van der Waals surface area contributed by atoms with Crippen molar-refractivity contribution in [3.8, 4) is 0 Å². The predicted octanol–water partition coefficient (Wildman–Crippen LogP) is 3.81. The molecule has 2 heterocycles. The fraction of sp³-hybridized carbons (Fsp3) is 0.588. The van der Waals surface area contributed by atoms with Gasteiger partial charge < -0.3 is 5.32 Å². The molecule has 1 aliphatic carbocycles. The minimum atomic E-state index is 0.434. The van der Waals surface area contributed by atoms with Crippen LogP contribution in [0.25, 0.3) is 5.52 Å². The lowest BCUT2D eigenvalue weighted by Gasteiger charge is -2.34. The summed E-state index contributed by atoms with van der Waals surface area (Å²) in [6.07, 6.45) is 10.9. The third kappa shape index (κ3) is 2.47. The molecule has 2 aromatic heterocycles. The second-order valence-electron chi connectivity index (χ2n) is 6.10. The van der Waals surface area contributed by atoms with E-state index in [1.54, 1.807) is 0 Å². The van der Waals surface area contributed by atoms with Gasteiger partial charge in [-0.05, 0) is 43.9 Å². The second kappa shape index (κ2) is 5.96. The summed E-state index contributed by atoms with van der Waals surface area (Å²) in [6.45, 7) is 2.33. The highest BCUT2D eigenvalue weighted by molar-refractivity contribution is 5.55. The molecule has 108 valence electrons. The number of rotatable bonds is 4. The lowest BCUT2D eigenvalue weighted by Crippen LogP contribution is -2.29. The molecule has 20 heavy (non-hydrogen) atoms. The molecule has 3 atom stereocenters. The maximum Gasteiger partial charge on any atom is 0.0709 e. The van der Waals surface area contributed by atoms with E-state index in [2.05, 4.69) is 36.5 Å². The van der Waals surface area contributed by atoms with Crippen LogP contribution in [-0.2, 0) is 0 Å². The molecule has 1 fully saturated rings. The Morgan fingerprint density at radius 2 is 2.30 bits per heavy atom. The van der Waals surface area contributed by atoms with Crippen LogP contribution in [0.2, 0.25) is 0 Å². The number of aromatic nitrogens is 2. The molecular formula is C17H25N3. The van der Waals surface area contributed by atoms with Gasteiger partial charge in [0.2, 0.25) is 0 Å². The van der Waals surface area contributed by atoms with Gasteiger partial charge in [-0.25, -0.2) is 4.52 Å². The van der Waals surface area contributed by atoms with E-state index >= 15 is 0 Å². The summed E-state index contributed by atoms with van der Waals surface area (Å²) < 4.78 is 1.99. The van der Waals surface area contributed by atoms with Crippen LogP contribution < -0.4 is 5.32 Å². The van der Waals surface area contributed by atoms with Crippen molar-refractivity contribution in [2.45, 2.75) is 45.1 Å². The molecule has 3 heteroatoms. The maximum atomic E-state index is 4.50. The zero-order valence-electron chi connectivity index (χ0n) is 12.5. The zero-order chi connectivity index (χ0) is 13.9. The average molecular weight is 271 g/mol. The first kappa shape index (κ1) is 13.6. The van der Waals surface area contributed by atoms with Crippen molar-refractivity contribution >= 4 is 5.52 Å². The standard InChI is InChI=1S/C17H25N3/c1-3-13-7-6-8-14(11-13)17(18-2)15-12-19-20-10-5-4-9-16(15)20/h4-5,9-10,12-14,17-18H,3,6-8,11H2,1-2H3. The Hall–Kier alpha value is -1.35. The van der Waals surface area contributed by atoms with Crippen LogP contribution >= 0.6 is 0 Å². The molecule has 3 rings (SSSR count). The Morgan fingerprint density at radius 1 is 1.40 bits per heavy atom. The number of pyridine rings is 1. The van der Waals surface area contributed by atoms with Gasteiger partial charge in [0, 0.05) is 17.8 Å². The monoisotopic (exact) mass is 271 g/mol. The van der Waals surface area contributed by atoms with E-state index in [9.17, 15) is 0 Å². The molecule has 0 amide bonds. The normalized spacial score (nSPS) is 24.9. The fourth-order valence-electron chi connectivity index (χ4n) is 3.85. The van der Waals surface area contributed by atoms with Gasteiger partial charge in [0.15, 0.2) is 0 Å². The molecule has 0 aliphatic heterocycles. The largest absolute Gasteiger partial charge is 0.313 e. The summed E-state index contributed by atoms with van der Waals surface area (Å²) in [4.78, 5) is 0. The lowest BCUT2D eigenvalue weighted by atomic mass is 9.75. The molecule has 3 unspecified atom stereocenters. The Kier molecular flexibility index (Phi) is 4.06. The van der Waals surface area contributed by atoms with Crippen molar-refractivity contribution in [1.82, 2.24) is 14.9 Å². The Labute approximate surface area is 121 Å². The Balaban J connectivity index is 1.89. The van der Waals surface area contributed by atoms with Crippen LogP contribution in [0.15, 0.2) is 30.6 Å². The molecule has 1 saturated carbocycles. The van der Waals surface area contributed by atoms with Crippen molar-refractivity contribution in [3.63, 3.8) is 0 Å². The lowest BCUT2D eigenvalue weighted by molar-refractivity contribution is 0.215. The zero-order valence-corrected chi connectivity index (χ0v) is 12.5. The summed E-state index contributed by atoms with van der Waals surface area (Å²) in [5.41, 5.74) is 2.60. The van der Waals surface area contributed by atoms with Crippen LogP contribution in [0.4, 0.5) is 0 Å². The van der Waals surface area contributed by atoms with Gasteiger partial charge in [-0.3, -0.25) is 0 Å². The maximum absolute atomic E-state index is 4.50. The SMILES string of the molecule is CCC1CCCC(C(NC)c2cnn3ccccc23)C1. The molecule has 1 N–H and O–H groups in total. The van der Waals surface area contributed by atoms with Crippen LogP contribution in [-0.4, -0.2) is 16.7 Å². The fourth-order valence-corrected chi connectivity index (χ4v) is 3.85. The van der Waals surface area contributed by atoms with Crippen molar-refractivity contribution in [2.75, 3.05) is 7.05 Å². The van der Waals surface area contributed by atoms with Crippen molar-refractivity contribution in [3.05, 3.63) is 36.2 Å². The third-order valence-corrected chi connectivity index (χ3v) is 4.97. The van der Waals surface area contributed by atoms with Crippen LogP contribution in [0.5, 0.6) is 0 Å². The van der Waals surface area contributed by atoms with Gasteiger partial charge in [0.05, 0.1) is 11.7 Å². The molecule has 1 aliphatic rings. The highest BCUT2D eigenvalue weighted by Crippen LogP contribution is 2.39. The summed E-state index contributed by atoms with van der Waals surface area (Å²) in [7, 11) is 2.09. The Morgan fingerprint density at radius 3 is 3.10 bits per heavy atom. The van der Waals surface area contributed by atoms with E-state index in [1.165, 1.54) is 43.2 Å². The molecule has 0 bridgehead atoms. The third-order valence-electron chi connectivity index (χ3n) is 4.97. The highest BCUT2D eigenvalue weighted by Gasteiger charge is 2.29. The number of nitrogens with zero attached hydrogens (tertiary/aromatic N) is 2. The van der Waals surface area contributed by atoms with Gasteiger partial charge in [-0.15, -0.1) is 0 Å². The first-order chi connectivity index (χ1) is 9.83. The van der Waals surface area contributed by atoms with Crippen LogP contribution in [0, 0.1) is 11.8 Å². The molecular weight excluding hydrogens is 246 g/mol. The minimum Gasteiger partial charge on any atom is -0.313 e. The Bertz CT molecular complexity index is 560. The van der Waals surface area contributed by atoms with E-state index in [4.69, 9.17) is 0 Å². The van der Waals surface area contributed by atoms with Crippen molar-refractivity contribution in [2.24, 2.45) is 11.8 Å². The molecule has 0 saturated heterocycles. The minimum absolute atomic E-state index is 0.434. The summed E-state index contributed by atoms with van der Waals surface area (Å²) in [6, 6.07) is 6.74. The van der Waals surface area contributed by atoms with Crippen molar-refractivity contribution in [1.29, 1.82) is 0 Å². The smallest absolute Gasteiger partial charge is 0.0709 e. The average Bonchev–Trinajstić information content (AvgIpc) is 2.93. The highest BCUT2D eigenvalue weighted by atomic mass is 15.2. The van der Waals surface area contributed by atoms with Gasteiger partial charge in [0.25, 0.3) is 0 Å². The van der Waals surface area contributed by atoms with Gasteiger partial charge >= 0.3 is 0 Å². The van der Waals surface area contributed by atoms with Gasteiger partial charge in [0.1, 0.15) is 0 Å². The van der Waals surface area contributed by atoms with E-state index in [-0.39, 0.29) is 0 Å². The summed E-state index contributed by atoms with van der Waals surface area (Å²) in [5.74, 6) is 1.65. The summed E-state index contributed by atoms with van der Waals surface area (Å²) >= 11 is 0. The predicted molar refractivity (Wildman–Crippen MR) is 82.7 cm³/mol. The number of fused-ring (bicyclic) bond motifs is 1. The molecule has 2 aromatic rings. The van der Waals surface area contributed by atoms with E-state index in [0.717, 1.165) is 11.8 Å². The number of hydrogen-bond donors (Lipinski definition) is 1. The number of hydrogen-bond acceptors (Lipinski definition) is 2. The van der Waals surface area contributed by atoms with Crippen molar-refractivity contribution < 1.29 is 0 Å². The molecule has 3 nitrogen and oxygen atoms in total. The van der Waals surface area contributed by atoms with E-state index in [0.29, 0.717) is 6.04 Å². The first-order valence-electron chi connectivity index (χ1n) is 7.93. The quantitative estimate of drug-likeness (QED) is 0.916. The van der Waals surface area contributed by atoms with Crippen LogP contribution in [0.3, 0.4) is 0 Å². The molecule has 0 radical (unpaired) electrons. The van der Waals surface area contributed by atoms with Gasteiger partial charge in [-0.2, -0.15) is 5.10 Å². The van der Waals surface area contributed by atoms with Gasteiger partial charge in [-0.1, -0.05) is 32.3 Å². The topological polar surface area (TPSA) is 29.3 Å². The molecule has 0 aromatic carbocycles. The molecule has 0 spiro atoms.